The molecule has 132 valence electrons. The topological polar surface area (TPSA) is 14.2 Å². The largest absolute Gasteiger partial charge is 0.494 e. The smallest absolute Gasteiger partial charge is 0.112 e. The van der Waals surface area contributed by atoms with Gasteiger partial charge in [0.15, 0.2) is 0 Å². The molecule has 1 rings (SSSR count). The monoisotopic (exact) mass is 335 g/mol. The molecule has 0 spiro atoms. The highest BCUT2D eigenvalue weighted by molar-refractivity contribution is 5.63. The van der Waals surface area contributed by atoms with Crippen molar-refractivity contribution in [2.45, 2.75) is 26.8 Å². The Morgan fingerprint density at radius 1 is 0.920 bits per heavy atom. The second kappa shape index (κ2) is 10.9. The Labute approximate surface area is 152 Å². The van der Waals surface area contributed by atoms with Gasteiger partial charge in [-0.2, -0.15) is 0 Å². The van der Waals surface area contributed by atoms with Crippen molar-refractivity contribution in [3.63, 3.8) is 0 Å². The molecule has 0 amide bonds. The van der Waals surface area contributed by atoms with Crippen molar-refractivity contribution in [2.75, 3.05) is 6.61 Å². The Morgan fingerprint density at radius 2 is 1.44 bits per heavy atom. The first kappa shape index (κ1) is 20.3. The van der Waals surface area contributed by atoms with Crippen LogP contribution in [0.1, 0.15) is 28.9 Å². The average molecular weight is 335 g/mol. The number of hydrogen-bond donors (Lipinski definition) is 0. The van der Waals surface area contributed by atoms with Crippen LogP contribution in [0.25, 0.3) is 12.2 Å². The first-order valence-electron chi connectivity index (χ1n) is 8.45. The van der Waals surface area contributed by atoms with Gasteiger partial charge in [0.25, 0.3) is 0 Å². The zero-order valence-electron chi connectivity index (χ0n) is 15.5. The van der Waals surface area contributed by atoms with E-state index in [-0.39, 0.29) is 0 Å². The Hall–Kier alpha value is -2.74. The number of rotatable bonds is 11. The molecule has 1 aromatic heterocycles. The van der Waals surface area contributed by atoms with Gasteiger partial charge in [0.05, 0.1) is 6.61 Å². The predicted octanol–water partition coefficient (Wildman–Crippen LogP) is 6.17. The lowest BCUT2D eigenvalue weighted by molar-refractivity contribution is 0.216. The summed E-state index contributed by atoms with van der Waals surface area (Å²) in [6.45, 7) is 20.8. The minimum absolute atomic E-state index is 0.617. The fourth-order valence-electron chi connectivity index (χ4n) is 2.56. The number of allylic oxidation sites excluding steroid dienone is 7. The van der Waals surface area contributed by atoms with E-state index in [0.29, 0.717) is 12.4 Å². The minimum Gasteiger partial charge on any atom is -0.494 e. The van der Waals surface area contributed by atoms with Crippen LogP contribution in [0.4, 0.5) is 0 Å². The van der Waals surface area contributed by atoms with Gasteiger partial charge in [-0.3, -0.25) is 0 Å². The summed E-state index contributed by atoms with van der Waals surface area (Å²) in [5.41, 5.74) is 4.96. The second-order valence-corrected chi connectivity index (χ2v) is 5.62. The molecule has 0 radical (unpaired) electrons. The lowest BCUT2D eigenvalue weighted by atomic mass is 10.1. The highest BCUT2D eigenvalue weighted by Crippen LogP contribution is 2.25. The van der Waals surface area contributed by atoms with Gasteiger partial charge in [-0.05, 0) is 49.6 Å². The third-order valence-electron chi connectivity index (χ3n) is 3.92. The van der Waals surface area contributed by atoms with E-state index in [1.54, 1.807) is 18.2 Å². The summed E-state index contributed by atoms with van der Waals surface area (Å²) in [7, 11) is 0. The highest BCUT2D eigenvalue weighted by Gasteiger charge is 2.13. The summed E-state index contributed by atoms with van der Waals surface area (Å²) < 4.78 is 7.95. The molecule has 1 aromatic rings. The van der Waals surface area contributed by atoms with Gasteiger partial charge in [0.1, 0.15) is 5.76 Å². The molecule has 2 nitrogen and oxygen atoms in total. The molecular formula is C23H29NO. The molecule has 0 saturated heterocycles. The Kier molecular flexibility index (Phi) is 8.87. The van der Waals surface area contributed by atoms with Crippen molar-refractivity contribution in [3.05, 3.63) is 97.1 Å². The number of hydrogen-bond acceptors (Lipinski definition) is 1. The first-order chi connectivity index (χ1) is 12.1. The molecule has 25 heavy (non-hydrogen) atoms. The maximum atomic E-state index is 5.63. The van der Waals surface area contributed by atoms with E-state index in [4.69, 9.17) is 4.74 Å². The van der Waals surface area contributed by atoms with Crippen LogP contribution in [0.2, 0.25) is 0 Å². The molecule has 0 unspecified atom stereocenters. The zero-order valence-corrected chi connectivity index (χ0v) is 15.5. The summed E-state index contributed by atoms with van der Waals surface area (Å²) in [6, 6.07) is 0. The van der Waals surface area contributed by atoms with Crippen LogP contribution in [0.5, 0.6) is 0 Å². The van der Waals surface area contributed by atoms with Crippen molar-refractivity contribution in [1.82, 2.24) is 4.57 Å². The second-order valence-electron chi connectivity index (χ2n) is 5.62. The van der Waals surface area contributed by atoms with Crippen LogP contribution < -0.4 is 0 Å². The molecule has 0 saturated carbocycles. The molecule has 0 aliphatic heterocycles. The summed E-state index contributed by atoms with van der Waals surface area (Å²) in [5, 5.41) is 0. The molecule has 0 atom stereocenters. The van der Waals surface area contributed by atoms with Gasteiger partial charge in [-0.25, -0.2) is 0 Å². The summed E-state index contributed by atoms with van der Waals surface area (Å²) in [5.74, 6) is 0.651. The van der Waals surface area contributed by atoms with Gasteiger partial charge >= 0.3 is 0 Å². The third-order valence-corrected chi connectivity index (χ3v) is 3.92. The van der Waals surface area contributed by atoms with Crippen LogP contribution in [-0.4, -0.2) is 11.2 Å². The molecule has 0 aliphatic rings. The molecule has 0 bridgehead atoms. The minimum atomic E-state index is 0.617. The summed E-state index contributed by atoms with van der Waals surface area (Å²) in [4.78, 5) is 0. The van der Waals surface area contributed by atoms with Crippen LogP contribution in [-0.2, 0) is 11.3 Å². The van der Waals surface area contributed by atoms with Gasteiger partial charge in [-0.15, -0.1) is 0 Å². The van der Waals surface area contributed by atoms with Crippen LogP contribution in [0, 0.1) is 13.8 Å². The Balaban J connectivity index is 2.94. The Morgan fingerprint density at radius 3 is 1.92 bits per heavy atom. The van der Waals surface area contributed by atoms with Crippen molar-refractivity contribution < 1.29 is 4.74 Å². The number of aromatic nitrogens is 1. The maximum absolute atomic E-state index is 5.63. The third kappa shape index (κ3) is 6.00. The van der Waals surface area contributed by atoms with Gasteiger partial charge in [0, 0.05) is 17.9 Å². The maximum Gasteiger partial charge on any atom is 0.112 e. The normalized spacial score (nSPS) is 11.4. The zero-order chi connectivity index (χ0) is 18.7. The van der Waals surface area contributed by atoms with E-state index in [1.807, 2.05) is 24.3 Å². The van der Waals surface area contributed by atoms with E-state index >= 15 is 0 Å². The number of nitrogens with zero attached hydrogens (tertiary/aromatic N) is 1. The van der Waals surface area contributed by atoms with Crippen LogP contribution in [0.15, 0.2) is 74.6 Å². The van der Waals surface area contributed by atoms with Crippen molar-refractivity contribution in [3.8, 4) is 0 Å². The molecule has 0 aromatic carbocycles. The molecule has 0 N–H and O–H groups in total. The molecule has 2 heteroatoms. The van der Waals surface area contributed by atoms with E-state index in [9.17, 15) is 0 Å². The molecular weight excluding hydrogens is 306 g/mol. The molecule has 1 heterocycles. The summed E-state index contributed by atoms with van der Waals surface area (Å²) in [6.07, 6.45) is 18.0. The van der Waals surface area contributed by atoms with Crippen molar-refractivity contribution >= 4 is 12.2 Å². The van der Waals surface area contributed by atoms with Crippen molar-refractivity contribution in [1.29, 1.82) is 0 Å². The quantitative estimate of drug-likeness (QED) is 0.268. The standard InChI is InChI=1S/C23H29NO/c1-7-10-14-19(4)25-18-13-17-24-22(15-11-8-2)20(5)21(6)23(24)16-12-9-3/h7-12,14-16H,1-4,13,17-18H2,5-6H3/b14-10-,15-11-,16-12-. The van der Waals surface area contributed by atoms with Crippen molar-refractivity contribution in [2.24, 2.45) is 0 Å². The SMILES string of the molecule is C=C/C=C\C(=C)OCCCn1c(/C=C\C=C)c(C)c(C)c1/C=C\C=C. The predicted molar refractivity (Wildman–Crippen MR) is 111 cm³/mol. The fourth-order valence-corrected chi connectivity index (χ4v) is 2.56. The van der Waals surface area contributed by atoms with Gasteiger partial charge in [0.2, 0.25) is 0 Å². The van der Waals surface area contributed by atoms with E-state index in [2.05, 4.69) is 56.9 Å². The highest BCUT2D eigenvalue weighted by atomic mass is 16.5. The van der Waals surface area contributed by atoms with E-state index in [0.717, 1.165) is 13.0 Å². The number of ether oxygens (including phenoxy) is 1. The average Bonchev–Trinajstić information content (AvgIpc) is 2.83. The lowest BCUT2D eigenvalue weighted by Crippen LogP contribution is -2.06. The van der Waals surface area contributed by atoms with Crippen LogP contribution >= 0.6 is 0 Å². The van der Waals surface area contributed by atoms with Gasteiger partial charge < -0.3 is 9.30 Å². The molecule has 0 fully saturated rings. The summed E-state index contributed by atoms with van der Waals surface area (Å²) >= 11 is 0. The Bertz CT molecular complexity index is 669. The van der Waals surface area contributed by atoms with Gasteiger partial charge in [-0.1, -0.05) is 62.8 Å². The van der Waals surface area contributed by atoms with Crippen LogP contribution in [0.3, 0.4) is 0 Å². The van der Waals surface area contributed by atoms with E-state index in [1.165, 1.54) is 22.5 Å². The molecule has 0 aliphatic carbocycles. The fraction of sp³-hybridized carbons (Fsp3) is 0.217. The lowest BCUT2D eigenvalue weighted by Gasteiger charge is -2.11. The first-order valence-corrected chi connectivity index (χ1v) is 8.45. The van der Waals surface area contributed by atoms with E-state index < -0.39 is 0 Å².